The first kappa shape index (κ1) is 14.7. The van der Waals surface area contributed by atoms with E-state index in [0.29, 0.717) is 45.8 Å². The van der Waals surface area contributed by atoms with Gasteiger partial charge in [-0.3, -0.25) is 4.79 Å². The third kappa shape index (κ3) is 7.08. The van der Waals surface area contributed by atoms with Gasteiger partial charge in [-0.05, 0) is 12.8 Å². The Kier molecular flexibility index (Phi) is 7.12. The van der Waals surface area contributed by atoms with Gasteiger partial charge < -0.3 is 25.2 Å². The van der Waals surface area contributed by atoms with Crippen molar-refractivity contribution in [3.63, 3.8) is 0 Å². The lowest BCUT2D eigenvalue weighted by Crippen LogP contribution is -2.43. The van der Waals surface area contributed by atoms with Crippen LogP contribution in [0.3, 0.4) is 0 Å². The zero-order chi connectivity index (χ0) is 13.2. The van der Waals surface area contributed by atoms with Crippen LogP contribution in [0.2, 0.25) is 0 Å². The van der Waals surface area contributed by atoms with Crippen LogP contribution < -0.4 is 10.6 Å². The van der Waals surface area contributed by atoms with Gasteiger partial charge in [0.25, 0.3) is 0 Å². The molecule has 0 spiro atoms. The van der Waals surface area contributed by atoms with Crippen LogP contribution in [0.25, 0.3) is 0 Å². The van der Waals surface area contributed by atoms with Gasteiger partial charge in [0.15, 0.2) is 0 Å². The monoisotopic (exact) mass is 260 g/mol. The van der Waals surface area contributed by atoms with Crippen molar-refractivity contribution in [1.82, 2.24) is 10.6 Å². The molecule has 1 saturated heterocycles. The fourth-order valence-electron chi connectivity index (χ4n) is 1.53. The van der Waals surface area contributed by atoms with Gasteiger partial charge in [0.1, 0.15) is 0 Å². The lowest BCUT2D eigenvalue weighted by molar-refractivity contribution is -0.137. The fourth-order valence-corrected chi connectivity index (χ4v) is 1.53. The van der Waals surface area contributed by atoms with Gasteiger partial charge in [-0.15, -0.1) is 0 Å². The van der Waals surface area contributed by atoms with Crippen molar-refractivity contribution in [3.05, 3.63) is 0 Å². The molecule has 2 amide bonds. The topological polar surface area (TPSA) is 96.9 Å². The Hall–Kier alpha value is -1.34. The van der Waals surface area contributed by atoms with E-state index in [1.165, 1.54) is 0 Å². The number of carbonyl (C=O) groups excluding carboxylic acids is 1. The second-order valence-electron chi connectivity index (χ2n) is 4.06. The van der Waals surface area contributed by atoms with Crippen LogP contribution in [-0.4, -0.2) is 56.1 Å². The van der Waals surface area contributed by atoms with Crippen molar-refractivity contribution in [2.75, 3.05) is 32.9 Å². The van der Waals surface area contributed by atoms with E-state index in [1.807, 2.05) is 0 Å². The number of amides is 2. The van der Waals surface area contributed by atoms with Gasteiger partial charge in [-0.2, -0.15) is 0 Å². The van der Waals surface area contributed by atoms with E-state index >= 15 is 0 Å². The molecule has 0 aromatic carbocycles. The van der Waals surface area contributed by atoms with Gasteiger partial charge in [-0.25, -0.2) is 4.79 Å². The molecule has 7 nitrogen and oxygen atoms in total. The summed E-state index contributed by atoms with van der Waals surface area (Å²) in [7, 11) is 0. The smallest absolute Gasteiger partial charge is 0.314 e. The van der Waals surface area contributed by atoms with Gasteiger partial charge in [0.2, 0.25) is 0 Å². The number of unbranched alkanes of at least 4 members (excludes halogenated alkanes) is 1. The first-order valence-corrected chi connectivity index (χ1v) is 6.11. The standard InChI is InChI=1S/C11H20N2O5/c14-10(15)3-1-2-4-12-11(16)13-7-9-8-17-5-6-18-9/h9H,1-8H2,(H,14,15)(H2,12,13,16). The predicted octanol–water partition coefficient (Wildman–Crippen LogP) is -0.0441. The largest absolute Gasteiger partial charge is 0.481 e. The Labute approximate surface area is 106 Å². The summed E-state index contributed by atoms with van der Waals surface area (Å²) in [6.45, 7) is 2.55. The van der Waals surface area contributed by atoms with Gasteiger partial charge in [0, 0.05) is 19.5 Å². The number of carboxylic acids is 1. The molecule has 3 N–H and O–H groups in total. The SMILES string of the molecule is O=C(O)CCCCNC(=O)NCC1COCCO1. The van der Waals surface area contributed by atoms with E-state index < -0.39 is 5.97 Å². The van der Waals surface area contributed by atoms with Gasteiger partial charge in [0.05, 0.1) is 25.9 Å². The zero-order valence-electron chi connectivity index (χ0n) is 10.3. The molecular formula is C11H20N2O5. The molecule has 1 aliphatic heterocycles. The predicted molar refractivity (Wildman–Crippen MR) is 63.4 cm³/mol. The highest BCUT2D eigenvalue weighted by Gasteiger charge is 2.14. The molecule has 1 aliphatic rings. The number of hydrogen-bond donors (Lipinski definition) is 3. The molecule has 0 aliphatic carbocycles. The highest BCUT2D eigenvalue weighted by Crippen LogP contribution is 1.98. The van der Waals surface area contributed by atoms with Crippen molar-refractivity contribution in [2.24, 2.45) is 0 Å². The zero-order valence-corrected chi connectivity index (χ0v) is 10.3. The third-order valence-electron chi connectivity index (χ3n) is 2.48. The molecule has 1 rings (SSSR count). The number of rotatable bonds is 7. The summed E-state index contributed by atoms with van der Waals surface area (Å²) in [6, 6.07) is -0.264. The number of carboxylic acid groups (broad SMARTS) is 1. The quantitative estimate of drug-likeness (QED) is 0.558. The third-order valence-corrected chi connectivity index (χ3v) is 2.48. The fraction of sp³-hybridized carbons (Fsp3) is 0.818. The van der Waals surface area contributed by atoms with Gasteiger partial charge in [-0.1, -0.05) is 0 Å². The molecule has 0 bridgehead atoms. The van der Waals surface area contributed by atoms with E-state index in [4.69, 9.17) is 14.6 Å². The summed E-state index contributed by atoms with van der Waals surface area (Å²) in [5, 5.41) is 13.8. The summed E-state index contributed by atoms with van der Waals surface area (Å²) in [4.78, 5) is 21.6. The van der Waals surface area contributed by atoms with Crippen LogP contribution in [0, 0.1) is 0 Å². The molecule has 1 heterocycles. The van der Waals surface area contributed by atoms with Crippen LogP contribution in [0.4, 0.5) is 4.79 Å². The summed E-state index contributed by atoms with van der Waals surface area (Å²) in [5.74, 6) is -0.811. The molecule has 18 heavy (non-hydrogen) atoms. The maximum atomic E-state index is 11.3. The maximum Gasteiger partial charge on any atom is 0.314 e. The first-order chi connectivity index (χ1) is 8.68. The van der Waals surface area contributed by atoms with Crippen LogP contribution in [0.1, 0.15) is 19.3 Å². The number of hydrogen-bond acceptors (Lipinski definition) is 4. The minimum Gasteiger partial charge on any atom is -0.481 e. The van der Waals surface area contributed by atoms with E-state index in [2.05, 4.69) is 10.6 Å². The molecule has 104 valence electrons. The average Bonchev–Trinajstić information content (AvgIpc) is 2.37. The average molecular weight is 260 g/mol. The highest BCUT2D eigenvalue weighted by molar-refractivity contribution is 5.73. The summed E-state index contributed by atoms with van der Waals surface area (Å²) >= 11 is 0. The Bertz CT molecular complexity index is 266. The van der Waals surface area contributed by atoms with Crippen molar-refractivity contribution in [3.8, 4) is 0 Å². The van der Waals surface area contributed by atoms with Crippen molar-refractivity contribution in [1.29, 1.82) is 0 Å². The van der Waals surface area contributed by atoms with Gasteiger partial charge >= 0.3 is 12.0 Å². The Morgan fingerprint density at radius 2 is 2.06 bits per heavy atom. The minimum absolute atomic E-state index is 0.0866. The Morgan fingerprint density at radius 1 is 1.22 bits per heavy atom. The molecule has 1 fully saturated rings. The molecule has 0 saturated carbocycles. The molecule has 0 radical (unpaired) electrons. The highest BCUT2D eigenvalue weighted by atomic mass is 16.6. The van der Waals surface area contributed by atoms with E-state index in [1.54, 1.807) is 0 Å². The second-order valence-corrected chi connectivity index (χ2v) is 4.06. The van der Waals surface area contributed by atoms with Crippen LogP contribution >= 0.6 is 0 Å². The Morgan fingerprint density at radius 3 is 2.72 bits per heavy atom. The molecule has 1 atom stereocenters. The first-order valence-electron chi connectivity index (χ1n) is 6.11. The lowest BCUT2D eigenvalue weighted by Gasteiger charge is -2.23. The van der Waals surface area contributed by atoms with E-state index in [0.717, 1.165) is 0 Å². The molecule has 0 aromatic rings. The molecule has 1 unspecified atom stereocenters. The number of urea groups is 1. The number of aliphatic carboxylic acids is 1. The van der Waals surface area contributed by atoms with Crippen LogP contribution in [0.15, 0.2) is 0 Å². The summed E-state index contributed by atoms with van der Waals surface area (Å²) in [6.07, 6.45) is 1.27. The van der Waals surface area contributed by atoms with Crippen molar-refractivity contribution >= 4 is 12.0 Å². The maximum absolute atomic E-state index is 11.3. The lowest BCUT2D eigenvalue weighted by atomic mass is 10.2. The Balaban J connectivity index is 1.94. The van der Waals surface area contributed by atoms with Crippen molar-refractivity contribution < 1.29 is 24.2 Å². The number of carbonyl (C=O) groups is 2. The van der Waals surface area contributed by atoms with Crippen molar-refractivity contribution in [2.45, 2.75) is 25.4 Å². The second kappa shape index (κ2) is 8.71. The number of nitrogens with one attached hydrogen (secondary N) is 2. The van der Waals surface area contributed by atoms with Crippen LogP contribution in [0.5, 0.6) is 0 Å². The van der Waals surface area contributed by atoms with E-state index in [-0.39, 0.29) is 18.6 Å². The number of ether oxygens (including phenoxy) is 2. The van der Waals surface area contributed by atoms with E-state index in [9.17, 15) is 9.59 Å². The molecular weight excluding hydrogens is 240 g/mol. The molecule has 0 aromatic heterocycles. The van der Waals surface area contributed by atoms with Crippen LogP contribution in [-0.2, 0) is 14.3 Å². The summed E-state index contributed by atoms with van der Waals surface area (Å²) in [5.41, 5.74) is 0. The minimum atomic E-state index is -0.811. The normalized spacial score (nSPS) is 19.2. The molecule has 7 heteroatoms. The summed E-state index contributed by atoms with van der Waals surface area (Å²) < 4.78 is 10.6.